The van der Waals surface area contributed by atoms with Crippen molar-refractivity contribution in [3.05, 3.63) is 11.1 Å². The molecule has 5 nitrogen and oxygen atoms in total. The average Bonchev–Trinajstić information content (AvgIpc) is 2.04. The van der Waals surface area contributed by atoms with Crippen molar-refractivity contribution in [2.75, 3.05) is 19.4 Å². The lowest BCUT2D eigenvalue weighted by atomic mass is 10.6. The monoisotopic (exact) mass is 240 g/mol. The number of hydrogen-bond acceptors (Lipinski definition) is 6. The molecule has 84 valence electrons. The average molecular weight is 240 g/mol. The first-order valence-electron chi connectivity index (χ1n) is 4.26. The molecule has 0 aliphatic rings. The van der Waals surface area contributed by atoms with Gasteiger partial charge >= 0.3 is 7.60 Å². The van der Waals surface area contributed by atoms with E-state index in [0.29, 0.717) is 18.9 Å². The Morgan fingerprint density at radius 2 is 1.93 bits per heavy atom. The Bertz CT molecular complexity index is 225. The molecule has 4 N–H and O–H groups in total. The van der Waals surface area contributed by atoms with Gasteiger partial charge in [-0.15, -0.1) is 0 Å². The van der Waals surface area contributed by atoms with E-state index in [0.717, 1.165) is 11.9 Å². The second-order valence-corrected chi connectivity index (χ2v) is 5.00. The lowest BCUT2D eigenvalue weighted by molar-refractivity contribution is 0.222. The minimum atomic E-state index is -3.07. The molecule has 0 saturated carbocycles. The highest BCUT2D eigenvalue weighted by atomic mass is 32.2. The molecule has 0 unspecified atom stereocenters. The lowest BCUT2D eigenvalue weighted by Gasteiger charge is -2.16. The molecular formula is C7H17N2O3PS. The number of rotatable bonds is 7. The predicted octanol–water partition coefficient (Wildman–Crippen LogP) is 1.66. The third kappa shape index (κ3) is 5.67. The lowest BCUT2D eigenvalue weighted by Crippen LogP contribution is -2.08. The zero-order valence-electron chi connectivity index (χ0n) is 8.43. The van der Waals surface area contributed by atoms with E-state index in [-0.39, 0.29) is 6.16 Å². The molecule has 0 heterocycles. The standard InChI is InChI=1S/C7H17N2O3PS/c1-3-11-13(10,12-4-2)5-7(8)6-14-9/h6H,3-5,8-9H2,1-2H3/b7-6-. The molecule has 0 atom stereocenters. The summed E-state index contributed by atoms with van der Waals surface area (Å²) in [5, 5.41) is 6.70. The molecule has 0 aromatic rings. The first-order chi connectivity index (χ1) is 6.58. The van der Waals surface area contributed by atoms with Crippen LogP contribution >= 0.6 is 19.5 Å². The Balaban J connectivity index is 4.35. The van der Waals surface area contributed by atoms with E-state index >= 15 is 0 Å². The van der Waals surface area contributed by atoms with Gasteiger partial charge in [-0.2, -0.15) is 0 Å². The maximum atomic E-state index is 11.9. The number of hydrogen-bond donors (Lipinski definition) is 2. The van der Waals surface area contributed by atoms with Crippen LogP contribution in [0.15, 0.2) is 11.1 Å². The number of nitrogens with two attached hydrogens (primary N) is 2. The summed E-state index contributed by atoms with van der Waals surface area (Å²) >= 11 is 0.967. The summed E-state index contributed by atoms with van der Waals surface area (Å²) in [5.41, 5.74) is 5.96. The minimum Gasteiger partial charge on any atom is -0.401 e. The molecule has 0 spiro atoms. The van der Waals surface area contributed by atoms with E-state index in [1.807, 2.05) is 0 Å². The van der Waals surface area contributed by atoms with Crippen molar-refractivity contribution in [3.8, 4) is 0 Å². The van der Waals surface area contributed by atoms with Crippen molar-refractivity contribution in [2.45, 2.75) is 13.8 Å². The molecule has 0 aromatic carbocycles. The molecule has 0 fully saturated rings. The molecular weight excluding hydrogens is 223 g/mol. The van der Waals surface area contributed by atoms with Gasteiger partial charge in [-0.05, 0) is 13.8 Å². The van der Waals surface area contributed by atoms with Gasteiger partial charge < -0.3 is 14.8 Å². The van der Waals surface area contributed by atoms with Gasteiger partial charge in [-0.3, -0.25) is 9.70 Å². The van der Waals surface area contributed by atoms with Gasteiger partial charge in [0.1, 0.15) is 0 Å². The second-order valence-electron chi connectivity index (χ2n) is 2.43. The van der Waals surface area contributed by atoms with E-state index in [4.69, 9.17) is 19.9 Å². The van der Waals surface area contributed by atoms with E-state index in [1.54, 1.807) is 13.8 Å². The fourth-order valence-corrected chi connectivity index (χ4v) is 2.83. The van der Waals surface area contributed by atoms with Crippen LogP contribution in [0.2, 0.25) is 0 Å². The summed E-state index contributed by atoms with van der Waals surface area (Å²) in [5.74, 6) is 0. The maximum absolute atomic E-state index is 11.9. The molecule has 0 radical (unpaired) electrons. The van der Waals surface area contributed by atoms with Crippen LogP contribution in [0, 0.1) is 0 Å². The van der Waals surface area contributed by atoms with Gasteiger partial charge in [0, 0.05) is 11.1 Å². The highest BCUT2D eigenvalue weighted by Gasteiger charge is 2.24. The van der Waals surface area contributed by atoms with Crippen molar-refractivity contribution in [3.63, 3.8) is 0 Å². The van der Waals surface area contributed by atoms with Gasteiger partial charge in [0.15, 0.2) is 0 Å². The van der Waals surface area contributed by atoms with Gasteiger partial charge in [0.25, 0.3) is 0 Å². The third-order valence-electron chi connectivity index (χ3n) is 1.25. The van der Waals surface area contributed by atoms with Crippen molar-refractivity contribution < 1.29 is 13.6 Å². The van der Waals surface area contributed by atoms with Crippen LogP contribution in [-0.4, -0.2) is 19.4 Å². The van der Waals surface area contributed by atoms with Crippen LogP contribution in [0.5, 0.6) is 0 Å². The van der Waals surface area contributed by atoms with E-state index in [1.165, 1.54) is 5.41 Å². The Kier molecular flexibility index (Phi) is 7.31. The Morgan fingerprint density at radius 1 is 1.43 bits per heavy atom. The predicted molar refractivity (Wildman–Crippen MR) is 59.8 cm³/mol. The Morgan fingerprint density at radius 3 is 2.29 bits per heavy atom. The Labute approximate surface area is 88.9 Å². The zero-order chi connectivity index (χ0) is 11.0. The van der Waals surface area contributed by atoms with Crippen LogP contribution in [0.3, 0.4) is 0 Å². The number of allylic oxidation sites excluding steroid dienone is 1. The van der Waals surface area contributed by atoms with Crippen molar-refractivity contribution in [2.24, 2.45) is 10.9 Å². The maximum Gasteiger partial charge on any atom is 0.336 e. The summed E-state index contributed by atoms with van der Waals surface area (Å²) in [7, 11) is -3.07. The van der Waals surface area contributed by atoms with Gasteiger partial charge in [-0.25, -0.2) is 0 Å². The summed E-state index contributed by atoms with van der Waals surface area (Å²) < 4.78 is 22.0. The summed E-state index contributed by atoms with van der Waals surface area (Å²) in [6.45, 7) is 4.17. The van der Waals surface area contributed by atoms with Gasteiger partial charge in [-0.1, -0.05) is 11.9 Å². The minimum absolute atomic E-state index is 0.0822. The topological polar surface area (TPSA) is 87.6 Å². The van der Waals surface area contributed by atoms with E-state index in [9.17, 15) is 4.57 Å². The van der Waals surface area contributed by atoms with Crippen molar-refractivity contribution >= 4 is 19.5 Å². The van der Waals surface area contributed by atoms with Gasteiger partial charge in [0.2, 0.25) is 0 Å². The normalized spacial score (nSPS) is 13.2. The molecule has 0 aliphatic carbocycles. The van der Waals surface area contributed by atoms with E-state index in [2.05, 4.69) is 0 Å². The molecule has 14 heavy (non-hydrogen) atoms. The first kappa shape index (κ1) is 14.0. The fraction of sp³-hybridized carbons (Fsp3) is 0.714. The third-order valence-corrected chi connectivity index (χ3v) is 3.74. The quantitative estimate of drug-likeness (QED) is 0.519. The second kappa shape index (κ2) is 7.31. The van der Waals surface area contributed by atoms with Crippen LogP contribution in [0.1, 0.15) is 13.8 Å². The summed E-state index contributed by atoms with van der Waals surface area (Å²) in [4.78, 5) is 0. The molecule has 0 aromatic heterocycles. The fourth-order valence-electron chi connectivity index (χ4n) is 0.870. The molecule has 0 saturated heterocycles. The van der Waals surface area contributed by atoms with Crippen LogP contribution in [0.4, 0.5) is 0 Å². The van der Waals surface area contributed by atoms with Gasteiger partial charge in [0.05, 0.1) is 19.4 Å². The highest BCUT2D eigenvalue weighted by Crippen LogP contribution is 2.48. The largest absolute Gasteiger partial charge is 0.401 e. The summed E-state index contributed by atoms with van der Waals surface area (Å²) in [6.07, 6.45) is 0.0822. The van der Waals surface area contributed by atoms with Crippen molar-refractivity contribution in [1.82, 2.24) is 0 Å². The SMILES string of the molecule is CCOP(=O)(C/C(N)=C/SN)OCC. The Hall–Kier alpha value is -0.0000000000000000416. The summed E-state index contributed by atoms with van der Waals surface area (Å²) in [6, 6.07) is 0. The van der Waals surface area contributed by atoms with Crippen LogP contribution < -0.4 is 10.9 Å². The van der Waals surface area contributed by atoms with E-state index < -0.39 is 7.60 Å². The molecule has 7 heteroatoms. The molecule has 0 amide bonds. The van der Waals surface area contributed by atoms with Crippen molar-refractivity contribution in [1.29, 1.82) is 0 Å². The zero-order valence-corrected chi connectivity index (χ0v) is 10.1. The molecule has 0 aliphatic heterocycles. The molecule has 0 rings (SSSR count). The highest BCUT2D eigenvalue weighted by molar-refractivity contribution is 8.00. The first-order valence-corrected chi connectivity index (χ1v) is 6.93. The molecule has 0 bridgehead atoms. The van der Waals surface area contributed by atoms with Crippen LogP contribution in [-0.2, 0) is 13.6 Å². The smallest absolute Gasteiger partial charge is 0.336 e. The van der Waals surface area contributed by atoms with Crippen LogP contribution in [0.25, 0.3) is 0 Å².